The molecule has 1 saturated heterocycles. The molecule has 2 aromatic rings. The number of nitrogens with two attached hydrogens (primary N) is 1. The molecule has 2 N–H and O–H groups in total. The number of aromatic nitrogens is 2. The number of piperidine rings is 1. The van der Waals surface area contributed by atoms with Crippen LogP contribution >= 0.6 is 0 Å². The molecule has 1 aromatic heterocycles. The van der Waals surface area contributed by atoms with Gasteiger partial charge in [-0.1, -0.05) is 43.5 Å². The second kappa shape index (κ2) is 9.10. The molecular formula is C26H30N4O2. The van der Waals surface area contributed by atoms with Crippen molar-refractivity contribution >= 4 is 17.7 Å². The molecule has 1 fully saturated rings. The van der Waals surface area contributed by atoms with Gasteiger partial charge in [-0.05, 0) is 54.7 Å². The Hall–Kier alpha value is -3.22. The standard InChI is InChI=1S/C26H30N4O2/c1-4-7-21(8-5-2)30-18-20(16-28-30)17-29-13-11-26(12-14-29)23-15-19(6-3)9-10-22(23)24(32-26)25(27)31/h4-10,15-16,18,24H,1,3,11-14,17H2,2H3,(H2,27,31)/b8-5-,21-7+. The zero-order valence-electron chi connectivity index (χ0n) is 18.5. The Balaban J connectivity index is 1.48. The Morgan fingerprint density at radius 1 is 1.34 bits per heavy atom. The number of nitrogens with zero attached hydrogens (tertiary/aromatic N) is 3. The van der Waals surface area contributed by atoms with Crippen molar-refractivity contribution in [2.24, 2.45) is 5.73 Å². The van der Waals surface area contributed by atoms with Crippen LogP contribution in [0.3, 0.4) is 0 Å². The lowest BCUT2D eigenvalue weighted by atomic mass is 9.82. The molecule has 0 bridgehead atoms. The fraction of sp³-hybridized carbons (Fsp3) is 0.308. The van der Waals surface area contributed by atoms with Gasteiger partial charge in [0, 0.05) is 31.4 Å². The summed E-state index contributed by atoms with van der Waals surface area (Å²) in [4.78, 5) is 14.4. The van der Waals surface area contributed by atoms with E-state index >= 15 is 0 Å². The second-order valence-electron chi connectivity index (χ2n) is 8.34. The first-order chi connectivity index (χ1) is 15.5. The number of rotatable bonds is 7. The summed E-state index contributed by atoms with van der Waals surface area (Å²) in [7, 11) is 0. The van der Waals surface area contributed by atoms with E-state index in [4.69, 9.17) is 10.5 Å². The molecule has 1 atom stereocenters. The highest BCUT2D eigenvalue weighted by molar-refractivity contribution is 5.82. The first kappa shape index (κ1) is 22.0. The minimum Gasteiger partial charge on any atom is -0.367 e. The normalized spacial score (nSPS) is 20.5. The third-order valence-corrected chi connectivity index (χ3v) is 6.28. The van der Waals surface area contributed by atoms with Crippen LogP contribution in [0.1, 0.15) is 48.1 Å². The summed E-state index contributed by atoms with van der Waals surface area (Å²) < 4.78 is 8.20. The van der Waals surface area contributed by atoms with E-state index in [1.54, 1.807) is 6.08 Å². The highest BCUT2D eigenvalue weighted by Gasteiger charge is 2.48. The number of benzene rings is 1. The van der Waals surface area contributed by atoms with Gasteiger partial charge in [0.05, 0.1) is 17.5 Å². The van der Waals surface area contributed by atoms with Crippen molar-refractivity contribution in [2.75, 3.05) is 13.1 Å². The fourth-order valence-corrected chi connectivity index (χ4v) is 4.69. The number of ether oxygens (including phenoxy) is 1. The van der Waals surface area contributed by atoms with E-state index in [0.717, 1.165) is 60.4 Å². The van der Waals surface area contributed by atoms with Crippen molar-refractivity contribution in [3.63, 3.8) is 0 Å². The number of carbonyl (C=O) groups is 1. The SMILES string of the molecule is C=C/C=C(\C=C/C)n1cc(CN2CCC3(CC2)OC(C(N)=O)c2ccc(C=C)cc23)cn1. The van der Waals surface area contributed by atoms with Crippen molar-refractivity contribution < 1.29 is 9.53 Å². The van der Waals surface area contributed by atoms with Crippen LogP contribution in [0, 0.1) is 0 Å². The van der Waals surface area contributed by atoms with E-state index in [9.17, 15) is 4.79 Å². The van der Waals surface area contributed by atoms with Gasteiger partial charge in [0.15, 0.2) is 6.10 Å². The maximum atomic E-state index is 12.0. The third-order valence-electron chi connectivity index (χ3n) is 6.28. The Bertz CT molecular complexity index is 1090. The van der Waals surface area contributed by atoms with Gasteiger partial charge >= 0.3 is 0 Å². The van der Waals surface area contributed by atoms with Crippen LogP contribution in [0.5, 0.6) is 0 Å². The molecule has 166 valence electrons. The molecule has 2 aliphatic rings. The predicted octanol–water partition coefficient (Wildman–Crippen LogP) is 4.18. The first-order valence-electron chi connectivity index (χ1n) is 11.0. The number of hydrogen-bond acceptors (Lipinski definition) is 4. The lowest BCUT2D eigenvalue weighted by molar-refractivity contribution is -0.148. The van der Waals surface area contributed by atoms with E-state index in [1.807, 2.05) is 54.2 Å². The van der Waals surface area contributed by atoms with Crippen LogP contribution in [-0.2, 0) is 21.7 Å². The minimum atomic E-state index is -0.685. The monoisotopic (exact) mass is 430 g/mol. The maximum Gasteiger partial charge on any atom is 0.251 e. The van der Waals surface area contributed by atoms with Crippen LogP contribution in [0.25, 0.3) is 11.8 Å². The van der Waals surface area contributed by atoms with Gasteiger partial charge in [0.25, 0.3) is 5.91 Å². The van der Waals surface area contributed by atoms with Crippen LogP contribution in [0.15, 0.2) is 68.1 Å². The third kappa shape index (κ3) is 4.11. The zero-order chi connectivity index (χ0) is 22.7. The number of amides is 1. The zero-order valence-corrected chi connectivity index (χ0v) is 18.5. The van der Waals surface area contributed by atoms with Gasteiger partial charge in [-0.3, -0.25) is 9.69 Å². The number of fused-ring (bicyclic) bond motifs is 2. The average molecular weight is 431 g/mol. The van der Waals surface area contributed by atoms with E-state index in [-0.39, 0.29) is 0 Å². The smallest absolute Gasteiger partial charge is 0.251 e. The van der Waals surface area contributed by atoms with Gasteiger partial charge in [0.2, 0.25) is 0 Å². The lowest BCUT2D eigenvalue weighted by Crippen LogP contribution is -2.42. The van der Waals surface area contributed by atoms with Crippen molar-refractivity contribution in [3.05, 3.63) is 90.3 Å². The quantitative estimate of drug-likeness (QED) is 0.669. The van der Waals surface area contributed by atoms with Crippen LogP contribution in [0.2, 0.25) is 0 Å². The summed E-state index contributed by atoms with van der Waals surface area (Å²) in [5.41, 5.74) is 10.3. The molecule has 1 spiro atoms. The fourth-order valence-electron chi connectivity index (χ4n) is 4.69. The van der Waals surface area contributed by atoms with E-state index in [0.29, 0.717) is 0 Å². The summed E-state index contributed by atoms with van der Waals surface area (Å²) in [6, 6.07) is 6.01. The number of likely N-dealkylation sites (tertiary alicyclic amines) is 1. The van der Waals surface area contributed by atoms with Gasteiger partial charge in [-0.25, -0.2) is 4.68 Å². The highest BCUT2D eigenvalue weighted by Crippen LogP contribution is 2.49. The van der Waals surface area contributed by atoms with Crippen molar-refractivity contribution in [3.8, 4) is 0 Å². The molecule has 6 nitrogen and oxygen atoms in total. The summed E-state index contributed by atoms with van der Waals surface area (Å²) in [6.07, 6.45) is 14.4. The average Bonchev–Trinajstić information content (AvgIpc) is 3.38. The molecule has 1 amide bonds. The number of primary amides is 1. The van der Waals surface area contributed by atoms with Gasteiger partial charge in [-0.2, -0.15) is 5.10 Å². The van der Waals surface area contributed by atoms with Crippen molar-refractivity contribution in [1.29, 1.82) is 0 Å². The molecule has 0 saturated carbocycles. The minimum absolute atomic E-state index is 0.436. The summed E-state index contributed by atoms with van der Waals surface area (Å²) in [6.45, 7) is 12.2. The van der Waals surface area contributed by atoms with E-state index < -0.39 is 17.6 Å². The summed E-state index contributed by atoms with van der Waals surface area (Å²) in [5.74, 6) is -0.436. The highest BCUT2D eigenvalue weighted by atomic mass is 16.5. The van der Waals surface area contributed by atoms with E-state index in [2.05, 4.69) is 35.4 Å². The maximum absolute atomic E-state index is 12.0. The molecule has 6 heteroatoms. The van der Waals surface area contributed by atoms with Crippen LogP contribution in [0.4, 0.5) is 0 Å². The molecule has 32 heavy (non-hydrogen) atoms. The predicted molar refractivity (Wildman–Crippen MR) is 127 cm³/mol. The van der Waals surface area contributed by atoms with Crippen LogP contribution < -0.4 is 5.73 Å². The molecule has 2 aliphatic heterocycles. The number of hydrogen-bond donors (Lipinski definition) is 1. The Labute approximate surface area is 189 Å². The Morgan fingerprint density at radius 3 is 2.78 bits per heavy atom. The molecule has 4 rings (SSSR count). The molecule has 1 aromatic carbocycles. The molecule has 0 radical (unpaired) electrons. The van der Waals surface area contributed by atoms with Crippen molar-refractivity contribution in [2.45, 2.75) is 38.0 Å². The first-order valence-corrected chi connectivity index (χ1v) is 11.0. The number of carbonyl (C=O) groups excluding carboxylic acids is 1. The Kier molecular flexibility index (Phi) is 6.26. The topological polar surface area (TPSA) is 73.4 Å². The molecule has 1 unspecified atom stereocenters. The lowest BCUT2D eigenvalue weighted by Gasteiger charge is -2.39. The Morgan fingerprint density at radius 2 is 2.12 bits per heavy atom. The van der Waals surface area contributed by atoms with Gasteiger partial charge in [-0.15, -0.1) is 0 Å². The second-order valence-corrected chi connectivity index (χ2v) is 8.34. The van der Waals surface area contributed by atoms with Crippen LogP contribution in [-0.4, -0.2) is 33.7 Å². The molecule has 3 heterocycles. The molecule has 0 aliphatic carbocycles. The van der Waals surface area contributed by atoms with E-state index in [1.165, 1.54) is 0 Å². The molecular weight excluding hydrogens is 400 g/mol. The van der Waals surface area contributed by atoms with Gasteiger partial charge in [0.1, 0.15) is 0 Å². The summed E-state index contributed by atoms with van der Waals surface area (Å²) >= 11 is 0. The summed E-state index contributed by atoms with van der Waals surface area (Å²) in [5, 5.41) is 4.51. The van der Waals surface area contributed by atoms with Crippen molar-refractivity contribution in [1.82, 2.24) is 14.7 Å². The van der Waals surface area contributed by atoms with Gasteiger partial charge < -0.3 is 10.5 Å². The largest absolute Gasteiger partial charge is 0.367 e. The number of allylic oxidation sites excluding steroid dienone is 5.